The van der Waals surface area contributed by atoms with Crippen molar-refractivity contribution in [3.63, 3.8) is 0 Å². The second kappa shape index (κ2) is 9.83. The standard InChI is InChI=1S/C27H28N2O10/c1-39-12-2-5-18(30)16(10-12)21-13-3-4-14-22(26(37)28(24(14)35)8-6-19(31)32)15(13)11-17-23(21)27(38)29(25(17)36)9-7-20(33)34/h2-3,5,10,14-15,17,21-23,30H,4,6-9,11H2,1H3,(H,31,32)(H,33,34)/t14-,15+,17+,21+,22-,23+/m0/s1. The van der Waals surface area contributed by atoms with E-state index in [1.54, 1.807) is 18.2 Å². The molecule has 4 amide bonds. The van der Waals surface area contributed by atoms with Gasteiger partial charge >= 0.3 is 11.9 Å². The average molecular weight is 541 g/mol. The number of rotatable bonds is 8. The lowest BCUT2D eigenvalue weighted by Crippen LogP contribution is -2.43. The summed E-state index contributed by atoms with van der Waals surface area (Å²) < 4.78 is 5.33. The molecule has 1 saturated carbocycles. The molecule has 2 aliphatic heterocycles. The average Bonchev–Trinajstić information content (AvgIpc) is 3.29. The van der Waals surface area contributed by atoms with Gasteiger partial charge in [0.2, 0.25) is 23.6 Å². The smallest absolute Gasteiger partial charge is 0.305 e. The van der Waals surface area contributed by atoms with E-state index in [4.69, 9.17) is 14.9 Å². The van der Waals surface area contributed by atoms with E-state index in [1.165, 1.54) is 13.2 Å². The number of phenolic OH excluding ortho intramolecular Hbond substituents is 1. The number of hydrogen-bond acceptors (Lipinski definition) is 8. The van der Waals surface area contributed by atoms with Crippen molar-refractivity contribution in [2.45, 2.75) is 31.6 Å². The summed E-state index contributed by atoms with van der Waals surface area (Å²) in [4.78, 5) is 77.9. The normalized spacial score (nSPS) is 29.6. The number of imide groups is 2. The molecule has 5 rings (SSSR count). The van der Waals surface area contributed by atoms with E-state index in [0.717, 1.165) is 9.80 Å². The lowest BCUT2D eigenvalue weighted by atomic mass is 9.57. The first-order chi connectivity index (χ1) is 18.5. The lowest BCUT2D eigenvalue weighted by molar-refractivity contribution is -0.145. The SMILES string of the molecule is COc1ccc(O)c([C@H]2C3=CC[C@@H]4C(=O)N(CCC(=O)O)C(=O)[C@@H]4[C@@H]3C[C@H]3C(=O)N(CCC(=O)O)C(=O)[C@@H]23)c1. The number of carboxylic acids is 2. The Morgan fingerprint density at radius 3 is 2.05 bits per heavy atom. The number of fused-ring (bicyclic) bond motifs is 4. The Kier molecular flexibility index (Phi) is 6.65. The van der Waals surface area contributed by atoms with Gasteiger partial charge in [0.1, 0.15) is 11.5 Å². The number of phenols is 1. The van der Waals surface area contributed by atoms with E-state index in [2.05, 4.69) is 0 Å². The summed E-state index contributed by atoms with van der Waals surface area (Å²) in [6, 6.07) is 4.54. The first kappa shape index (κ1) is 26.4. The van der Waals surface area contributed by atoms with E-state index in [-0.39, 0.29) is 31.7 Å². The fourth-order valence-electron chi connectivity index (χ4n) is 6.83. The molecule has 4 aliphatic rings. The molecular formula is C27H28N2O10. The van der Waals surface area contributed by atoms with Crippen LogP contribution >= 0.6 is 0 Å². The van der Waals surface area contributed by atoms with Crippen molar-refractivity contribution in [1.82, 2.24) is 9.80 Å². The van der Waals surface area contributed by atoms with Crippen LogP contribution in [0.2, 0.25) is 0 Å². The Balaban J connectivity index is 1.59. The molecule has 39 heavy (non-hydrogen) atoms. The number of carbonyl (C=O) groups excluding carboxylic acids is 4. The minimum atomic E-state index is -1.16. The van der Waals surface area contributed by atoms with Gasteiger partial charge in [0, 0.05) is 24.6 Å². The van der Waals surface area contributed by atoms with Crippen molar-refractivity contribution >= 4 is 35.6 Å². The number of aliphatic carboxylic acids is 2. The highest BCUT2D eigenvalue weighted by molar-refractivity contribution is 6.08. The van der Waals surface area contributed by atoms with Crippen LogP contribution < -0.4 is 4.74 Å². The maximum atomic E-state index is 13.6. The van der Waals surface area contributed by atoms with Crippen LogP contribution in [0.5, 0.6) is 11.5 Å². The van der Waals surface area contributed by atoms with Gasteiger partial charge in [-0.25, -0.2) is 0 Å². The lowest BCUT2D eigenvalue weighted by Gasteiger charge is -2.44. The summed E-state index contributed by atoms with van der Waals surface area (Å²) in [5.41, 5.74) is 0.989. The third-order valence-electron chi connectivity index (χ3n) is 8.50. The maximum Gasteiger partial charge on any atom is 0.305 e. The number of allylic oxidation sites excluding steroid dienone is 2. The number of carboxylic acid groups (broad SMARTS) is 2. The van der Waals surface area contributed by atoms with Crippen molar-refractivity contribution in [3.05, 3.63) is 35.4 Å². The minimum absolute atomic E-state index is 0.0961. The van der Waals surface area contributed by atoms with Gasteiger partial charge in [-0.2, -0.15) is 0 Å². The van der Waals surface area contributed by atoms with Gasteiger partial charge in [-0.3, -0.25) is 38.6 Å². The Bertz CT molecular complexity index is 1320. The Morgan fingerprint density at radius 2 is 1.46 bits per heavy atom. The number of nitrogens with zero attached hydrogens (tertiary/aromatic N) is 2. The molecule has 0 unspecified atom stereocenters. The highest BCUT2D eigenvalue weighted by Crippen LogP contribution is 2.59. The molecule has 0 aromatic heterocycles. The summed E-state index contributed by atoms with van der Waals surface area (Å²) in [6.07, 6.45) is 1.27. The molecule has 1 aromatic carbocycles. The maximum absolute atomic E-state index is 13.6. The Labute approximate surface area is 222 Å². The molecule has 206 valence electrons. The van der Waals surface area contributed by atoms with Crippen LogP contribution in [0.25, 0.3) is 0 Å². The van der Waals surface area contributed by atoms with Crippen LogP contribution in [0, 0.1) is 29.6 Å². The Morgan fingerprint density at radius 1 is 0.872 bits per heavy atom. The number of carbonyl (C=O) groups is 6. The van der Waals surface area contributed by atoms with Gasteiger partial charge in [-0.05, 0) is 37.0 Å². The highest BCUT2D eigenvalue weighted by atomic mass is 16.5. The number of ether oxygens (including phenoxy) is 1. The van der Waals surface area contributed by atoms with E-state index < -0.39 is 83.9 Å². The zero-order valence-corrected chi connectivity index (χ0v) is 21.1. The second-order valence-electron chi connectivity index (χ2n) is 10.4. The van der Waals surface area contributed by atoms with Crippen LogP contribution in [-0.4, -0.2) is 80.9 Å². The molecule has 12 heteroatoms. The van der Waals surface area contributed by atoms with E-state index in [1.807, 2.05) is 0 Å². The molecule has 2 heterocycles. The van der Waals surface area contributed by atoms with E-state index in [9.17, 15) is 33.9 Å². The number of aromatic hydroxyl groups is 1. The van der Waals surface area contributed by atoms with Gasteiger partial charge in [0.15, 0.2) is 0 Å². The topological polar surface area (TPSA) is 179 Å². The van der Waals surface area contributed by atoms with Crippen molar-refractivity contribution in [2.24, 2.45) is 29.6 Å². The van der Waals surface area contributed by atoms with Crippen LogP contribution in [0.3, 0.4) is 0 Å². The van der Waals surface area contributed by atoms with Crippen molar-refractivity contribution in [1.29, 1.82) is 0 Å². The number of likely N-dealkylation sites (tertiary alicyclic amines) is 2. The largest absolute Gasteiger partial charge is 0.508 e. The molecule has 2 aliphatic carbocycles. The van der Waals surface area contributed by atoms with Crippen LogP contribution in [0.4, 0.5) is 0 Å². The van der Waals surface area contributed by atoms with Gasteiger partial charge in [-0.1, -0.05) is 11.6 Å². The molecular weight excluding hydrogens is 512 g/mol. The second-order valence-corrected chi connectivity index (χ2v) is 10.4. The predicted octanol–water partition coefficient (Wildman–Crippen LogP) is 0.986. The van der Waals surface area contributed by atoms with Gasteiger partial charge in [-0.15, -0.1) is 0 Å². The number of amides is 4. The van der Waals surface area contributed by atoms with Crippen molar-refractivity contribution in [3.8, 4) is 11.5 Å². The molecule has 0 radical (unpaired) electrons. The zero-order chi connectivity index (χ0) is 28.2. The number of benzene rings is 1. The van der Waals surface area contributed by atoms with Crippen LogP contribution in [0.15, 0.2) is 29.8 Å². The first-order valence-corrected chi connectivity index (χ1v) is 12.8. The molecule has 1 aromatic rings. The Hall–Kier alpha value is -4.22. The third-order valence-corrected chi connectivity index (χ3v) is 8.50. The molecule has 2 saturated heterocycles. The summed E-state index contributed by atoms with van der Waals surface area (Å²) >= 11 is 0. The molecule has 12 nitrogen and oxygen atoms in total. The first-order valence-electron chi connectivity index (χ1n) is 12.8. The molecule has 3 N–H and O–H groups in total. The summed E-state index contributed by atoms with van der Waals surface area (Å²) in [5, 5.41) is 29.1. The fourth-order valence-corrected chi connectivity index (χ4v) is 6.83. The van der Waals surface area contributed by atoms with Crippen molar-refractivity contribution in [2.75, 3.05) is 20.2 Å². The zero-order valence-electron chi connectivity index (χ0n) is 21.1. The summed E-state index contributed by atoms with van der Waals surface area (Å²) in [5.74, 6) is -8.88. The minimum Gasteiger partial charge on any atom is -0.508 e. The molecule has 6 atom stereocenters. The van der Waals surface area contributed by atoms with Crippen molar-refractivity contribution < 1.29 is 48.8 Å². The monoisotopic (exact) mass is 540 g/mol. The highest BCUT2D eigenvalue weighted by Gasteiger charge is 2.62. The summed E-state index contributed by atoms with van der Waals surface area (Å²) in [7, 11) is 1.44. The molecule has 0 spiro atoms. The van der Waals surface area contributed by atoms with Crippen LogP contribution in [0.1, 0.15) is 37.2 Å². The predicted molar refractivity (Wildman–Crippen MR) is 130 cm³/mol. The van der Waals surface area contributed by atoms with Gasteiger partial charge in [0.05, 0.1) is 43.6 Å². The van der Waals surface area contributed by atoms with E-state index in [0.29, 0.717) is 16.9 Å². The quantitative estimate of drug-likeness (QED) is 0.318. The summed E-state index contributed by atoms with van der Waals surface area (Å²) in [6.45, 7) is -0.554. The fraction of sp³-hybridized carbons (Fsp3) is 0.481. The number of hydrogen-bond donors (Lipinski definition) is 3. The molecule has 3 fully saturated rings. The third kappa shape index (κ3) is 4.23. The van der Waals surface area contributed by atoms with Crippen LogP contribution in [-0.2, 0) is 28.8 Å². The van der Waals surface area contributed by atoms with Gasteiger partial charge in [0.25, 0.3) is 0 Å². The molecule has 0 bridgehead atoms. The number of methoxy groups -OCH3 is 1. The van der Waals surface area contributed by atoms with Gasteiger partial charge < -0.3 is 20.1 Å². The van der Waals surface area contributed by atoms with E-state index >= 15 is 0 Å².